The van der Waals surface area contributed by atoms with Crippen LogP contribution in [0.3, 0.4) is 0 Å². The molecule has 2 saturated carbocycles. The highest BCUT2D eigenvalue weighted by molar-refractivity contribution is 6.22. The smallest absolute Gasteiger partial charge is 0.329 e. The van der Waals surface area contributed by atoms with Crippen LogP contribution in [-0.2, 0) is 14.3 Å². The molecule has 1 N–H and O–H groups in total. The average molecular weight is 412 g/mol. The van der Waals surface area contributed by atoms with Gasteiger partial charge in [-0.1, -0.05) is 18.6 Å². The number of hydrogen-bond acceptors (Lipinski definition) is 5. The fourth-order valence-electron chi connectivity index (χ4n) is 5.35. The number of carbonyl (C=O) groups is 4. The Balaban J connectivity index is 1.33. The van der Waals surface area contributed by atoms with Crippen LogP contribution in [0.4, 0.5) is 0 Å². The lowest BCUT2D eigenvalue weighted by Gasteiger charge is -2.29. The predicted octanol–water partition coefficient (Wildman–Crippen LogP) is 2.54. The zero-order valence-corrected chi connectivity index (χ0v) is 17.6. The normalized spacial score (nSPS) is 27.6. The maximum absolute atomic E-state index is 12.6. The van der Waals surface area contributed by atoms with Crippen molar-refractivity contribution in [2.75, 3.05) is 0 Å². The molecule has 2 bridgehead atoms. The van der Waals surface area contributed by atoms with Gasteiger partial charge in [0.25, 0.3) is 17.7 Å². The van der Waals surface area contributed by atoms with Crippen LogP contribution >= 0.6 is 0 Å². The van der Waals surface area contributed by atoms with E-state index in [-0.39, 0.29) is 23.1 Å². The molecule has 7 heteroatoms. The third-order valence-corrected chi connectivity index (χ3v) is 7.02. The highest BCUT2D eigenvalue weighted by atomic mass is 16.5. The fraction of sp³-hybridized carbons (Fsp3) is 0.565. The standard InChI is InChI=1S/C23H28N2O5/c1-12(19-11-15-8-9-16(19)10-15)24-20(26)14(3)30-23(29)13(2)25-21(27)17-6-4-5-7-18(17)22(25)28/h4-7,12-16,19H,8-11H2,1-3H3,(H,24,26)/t12-,13-,14-,15+,16+,19-/m0/s1. The Morgan fingerprint density at radius 3 is 2.20 bits per heavy atom. The van der Waals surface area contributed by atoms with Gasteiger partial charge in [0, 0.05) is 6.04 Å². The zero-order chi connectivity index (χ0) is 21.6. The van der Waals surface area contributed by atoms with Gasteiger partial charge < -0.3 is 10.1 Å². The minimum Gasteiger partial charge on any atom is -0.451 e. The topological polar surface area (TPSA) is 92.8 Å². The van der Waals surface area contributed by atoms with Crippen molar-refractivity contribution >= 4 is 23.7 Å². The SMILES string of the molecule is C[C@H](OC(=O)[C@H](C)N1C(=O)c2ccccc2C1=O)C(=O)N[C@@H](C)[C@@H]1C[C@@H]2CC[C@@H]1C2. The van der Waals surface area contributed by atoms with E-state index >= 15 is 0 Å². The van der Waals surface area contributed by atoms with Gasteiger partial charge in [-0.25, -0.2) is 4.79 Å². The lowest BCUT2D eigenvalue weighted by atomic mass is 9.84. The van der Waals surface area contributed by atoms with E-state index in [0.29, 0.717) is 11.8 Å². The molecule has 0 saturated heterocycles. The molecule has 7 nitrogen and oxygen atoms in total. The van der Waals surface area contributed by atoms with Crippen LogP contribution in [0.2, 0.25) is 0 Å². The lowest BCUT2D eigenvalue weighted by molar-refractivity contribution is -0.158. The van der Waals surface area contributed by atoms with Crippen molar-refractivity contribution in [1.82, 2.24) is 10.2 Å². The van der Waals surface area contributed by atoms with E-state index in [1.807, 2.05) is 6.92 Å². The number of rotatable bonds is 6. The van der Waals surface area contributed by atoms with Crippen molar-refractivity contribution in [3.8, 4) is 0 Å². The predicted molar refractivity (Wildman–Crippen MR) is 109 cm³/mol. The van der Waals surface area contributed by atoms with Gasteiger partial charge in [0.05, 0.1) is 11.1 Å². The average Bonchev–Trinajstić information content (AvgIpc) is 3.42. The molecule has 6 atom stereocenters. The van der Waals surface area contributed by atoms with E-state index in [0.717, 1.165) is 17.2 Å². The van der Waals surface area contributed by atoms with Gasteiger partial charge in [0.1, 0.15) is 6.04 Å². The molecule has 0 spiro atoms. The van der Waals surface area contributed by atoms with Crippen molar-refractivity contribution < 1.29 is 23.9 Å². The van der Waals surface area contributed by atoms with Crippen LogP contribution in [0.1, 0.15) is 67.2 Å². The lowest BCUT2D eigenvalue weighted by Crippen LogP contribution is -2.48. The molecule has 160 valence electrons. The molecule has 1 aromatic rings. The second kappa shape index (κ2) is 7.85. The Hall–Kier alpha value is -2.70. The Labute approximate surface area is 176 Å². The summed E-state index contributed by atoms with van der Waals surface area (Å²) in [7, 11) is 0. The minimum atomic E-state index is -1.12. The zero-order valence-electron chi connectivity index (χ0n) is 17.6. The third kappa shape index (κ3) is 3.50. The molecule has 0 radical (unpaired) electrons. The van der Waals surface area contributed by atoms with Crippen LogP contribution in [0, 0.1) is 17.8 Å². The van der Waals surface area contributed by atoms with Crippen LogP contribution in [0.25, 0.3) is 0 Å². The minimum absolute atomic E-state index is 0.0302. The molecule has 3 aliphatic rings. The van der Waals surface area contributed by atoms with Gasteiger partial charge in [0.2, 0.25) is 0 Å². The van der Waals surface area contributed by atoms with E-state index in [9.17, 15) is 19.2 Å². The maximum atomic E-state index is 12.6. The highest BCUT2D eigenvalue weighted by Gasteiger charge is 2.43. The van der Waals surface area contributed by atoms with E-state index in [4.69, 9.17) is 4.74 Å². The number of carbonyl (C=O) groups excluding carboxylic acids is 4. The van der Waals surface area contributed by atoms with Crippen molar-refractivity contribution in [2.45, 2.75) is 64.6 Å². The van der Waals surface area contributed by atoms with Gasteiger partial charge in [-0.2, -0.15) is 0 Å². The molecule has 0 unspecified atom stereocenters. The Morgan fingerprint density at radius 1 is 1.03 bits per heavy atom. The first kappa shape index (κ1) is 20.6. The summed E-state index contributed by atoms with van der Waals surface area (Å²) >= 11 is 0. The molecule has 1 heterocycles. The fourth-order valence-corrected chi connectivity index (χ4v) is 5.35. The maximum Gasteiger partial charge on any atom is 0.329 e. The summed E-state index contributed by atoms with van der Waals surface area (Å²) in [6.45, 7) is 4.96. The Bertz CT molecular complexity index is 862. The molecule has 3 amide bonds. The Kier molecular flexibility index (Phi) is 5.38. The van der Waals surface area contributed by atoms with Crippen molar-refractivity contribution in [3.05, 3.63) is 35.4 Å². The van der Waals surface area contributed by atoms with Crippen LogP contribution in [0.15, 0.2) is 24.3 Å². The van der Waals surface area contributed by atoms with Gasteiger partial charge in [-0.3, -0.25) is 19.3 Å². The number of fused-ring (bicyclic) bond motifs is 3. The molecule has 2 aliphatic carbocycles. The number of ether oxygens (including phenoxy) is 1. The number of nitrogens with one attached hydrogen (secondary N) is 1. The highest BCUT2D eigenvalue weighted by Crippen LogP contribution is 2.49. The molecular formula is C23H28N2O5. The summed E-state index contributed by atoms with van der Waals surface area (Å²) in [5.41, 5.74) is 0.542. The first-order valence-electron chi connectivity index (χ1n) is 10.8. The second-order valence-corrected chi connectivity index (χ2v) is 8.92. The summed E-state index contributed by atoms with van der Waals surface area (Å²) in [6, 6.07) is 5.36. The van der Waals surface area contributed by atoms with E-state index < -0.39 is 29.9 Å². The molecule has 30 heavy (non-hydrogen) atoms. The summed E-state index contributed by atoms with van der Waals surface area (Å²) in [5.74, 6) is -0.239. The van der Waals surface area contributed by atoms with E-state index in [2.05, 4.69) is 5.32 Å². The molecular weight excluding hydrogens is 384 g/mol. The number of nitrogens with zero attached hydrogens (tertiary/aromatic N) is 1. The van der Waals surface area contributed by atoms with Crippen molar-refractivity contribution in [2.24, 2.45) is 17.8 Å². The van der Waals surface area contributed by atoms with Gasteiger partial charge in [-0.05, 0) is 69.9 Å². The number of amides is 3. The first-order valence-corrected chi connectivity index (χ1v) is 10.8. The second-order valence-electron chi connectivity index (χ2n) is 8.92. The molecule has 0 aromatic heterocycles. The van der Waals surface area contributed by atoms with Crippen LogP contribution in [-0.4, -0.2) is 46.8 Å². The first-order chi connectivity index (χ1) is 14.3. The van der Waals surface area contributed by atoms with Crippen LogP contribution in [0.5, 0.6) is 0 Å². The molecule has 1 aliphatic heterocycles. The molecule has 2 fully saturated rings. The summed E-state index contributed by atoms with van der Waals surface area (Å²) in [4.78, 5) is 51.1. The molecule has 1 aromatic carbocycles. The van der Waals surface area contributed by atoms with Gasteiger partial charge in [-0.15, -0.1) is 0 Å². The van der Waals surface area contributed by atoms with E-state index in [1.165, 1.54) is 33.1 Å². The van der Waals surface area contributed by atoms with E-state index in [1.54, 1.807) is 24.3 Å². The number of hydrogen-bond donors (Lipinski definition) is 1. The summed E-state index contributed by atoms with van der Waals surface area (Å²) < 4.78 is 5.31. The summed E-state index contributed by atoms with van der Waals surface area (Å²) in [6.07, 6.45) is 3.93. The number of imide groups is 1. The van der Waals surface area contributed by atoms with Crippen molar-refractivity contribution in [3.63, 3.8) is 0 Å². The monoisotopic (exact) mass is 412 g/mol. The quantitative estimate of drug-likeness (QED) is 0.573. The molecule has 4 rings (SSSR count). The van der Waals surface area contributed by atoms with Gasteiger partial charge >= 0.3 is 5.97 Å². The van der Waals surface area contributed by atoms with Crippen LogP contribution < -0.4 is 5.32 Å². The number of benzene rings is 1. The Morgan fingerprint density at radius 2 is 1.67 bits per heavy atom. The van der Waals surface area contributed by atoms with Crippen molar-refractivity contribution in [1.29, 1.82) is 0 Å². The third-order valence-electron chi connectivity index (χ3n) is 7.02. The number of esters is 1. The van der Waals surface area contributed by atoms with Gasteiger partial charge in [0.15, 0.2) is 6.10 Å². The summed E-state index contributed by atoms with van der Waals surface area (Å²) in [5, 5.41) is 2.99. The largest absolute Gasteiger partial charge is 0.451 e.